The number of sulfonamides is 1. The quantitative estimate of drug-likeness (QED) is 0.630. The topological polar surface area (TPSA) is 71.4 Å². The van der Waals surface area contributed by atoms with E-state index < -0.39 is 38.9 Å². The lowest BCUT2D eigenvalue weighted by Crippen LogP contribution is -2.44. The Morgan fingerprint density at radius 3 is 2.41 bits per heavy atom. The van der Waals surface area contributed by atoms with E-state index in [1.54, 1.807) is 0 Å². The van der Waals surface area contributed by atoms with Crippen molar-refractivity contribution in [3.8, 4) is 0 Å². The number of halogens is 5. The van der Waals surface area contributed by atoms with Gasteiger partial charge in [-0.05, 0) is 53.5 Å². The second-order valence-corrected chi connectivity index (χ2v) is 9.18. The summed E-state index contributed by atoms with van der Waals surface area (Å²) in [6, 6.07) is 1.61. The van der Waals surface area contributed by atoms with Crippen molar-refractivity contribution in [2.45, 2.75) is 31.0 Å². The summed E-state index contributed by atoms with van der Waals surface area (Å²) in [5.41, 5.74) is 0.438. The highest BCUT2D eigenvalue weighted by Crippen LogP contribution is 2.33. The van der Waals surface area contributed by atoms with E-state index in [2.05, 4.69) is 21.2 Å². The van der Waals surface area contributed by atoms with E-state index in [-0.39, 0.29) is 20.2 Å². The molecule has 0 saturated carbocycles. The monoisotopic (exact) mass is 499 g/mol. The normalized spacial score (nSPS) is 13.6. The van der Waals surface area contributed by atoms with Crippen LogP contribution in [0.4, 0.5) is 23.2 Å². The number of hydrogen-bond donors (Lipinski definition) is 1. The predicted molar refractivity (Wildman–Crippen MR) is 103 cm³/mol. The fourth-order valence-corrected chi connectivity index (χ4v) is 5.13. The minimum absolute atomic E-state index is 0.126. The van der Waals surface area contributed by atoms with Gasteiger partial charge in [0.15, 0.2) is 0 Å². The van der Waals surface area contributed by atoms with Crippen LogP contribution in [0.5, 0.6) is 0 Å². The average molecular weight is 500 g/mol. The zero-order valence-corrected chi connectivity index (χ0v) is 18.2. The Hall–Kier alpha value is -1.92. The van der Waals surface area contributed by atoms with Crippen molar-refractivity contribution in [2.24, 2.45) is 7.05 Å². The van der Waals surface area contributed by atoms with E-state index in [1.165, 1.54) is 30.7 Å². The third-order valence-electron chi connectivity index (χ3n) is 4.39. The Morgan fingerprint density at radius 2 is 1.90 bits per heavy atom. The van der Waals surface area contributed by atoms with Crippen molar-refractivity contribution in [1.82, 2.24) is 8.87 Å². The van der Waals surface area contributed by atoms with Gasteiger partial charge in [0.2, 0.25) is 10.0 Å². The van der Waals surface area contributed by atoms with Gasteiger partial charge < -0.3 is 9.88 Å². The Bertz CT molecular complexity index is 1050. The first-order chi connectivity index (χ1) is 13.2. The number of hydrogen-bond acceptors (Lipinski definition) is 3. The molecular formula is C17H18BrF4N3O3S. The van der Waals surface area contributed by atoms with Gasteiger partial charge in [0.05, 0.1) is 4.47 Å². The predicted octanol–water partition coefficient (Wildman–Crippen LogP) is 4.06. The van der Waals surface area contributed by atoms with E-state index in [1.807, 2.05) is 0 Å². The van der Waals surface area contributed by atoms with Gasteiger partial charge in [-0.3, -0.25) is 4.79 Å². The van der Waals surface area contributed by atoms with E-state index >= 15 is 0 Å². The van der Waals surface area contributed by atoms with E-state index in [0.29, 0.717) is 5.56 Å². The van der Waals surface area contributed by atoms with Crippen LogP contribution < -0.4 is 5.32 Å². The molecule has 0 spiro atoms. The van der Waals surface area contributed by atoms with Crippen molar-refractivity contribution in [1.29, 1.82) is 0 Å². The number of alkyl halides is 3. The lowest BCUT2D eigenvalue weighted by atomic mass is 10.2. The molecular weight excluding hydrogens is 482 g/mol. The van der Waals surface area contributed by atoms with Crippen LogP contribution in [-0.4, -0.2) is 42.5 Å². The third-order valence-corrected chi connectivity index (χ3v) is 7.40. The Kier molecular flexibility index (Phi) is 6.50. The molecule has 6 nitrogen and oxygen atoms in total. The molecule has 12 heteroatoms. The maximum atomic E-state index is 13.4. The number of anilines is 1. The summed E-state index contributed by atoms with van der Waals surface area (Å²) in [5.74, 6) is -1.18. The zero-order valence-electron chi connectivity index (χ0n) is 15.8. The SMILES string of the molecule is Cc1cc(NC(=O)c2c(Br)c(S(=O)(=O)N(C)[C@H](C)C(F)(F)F)cn2C)ccc1F. The maximum absolute atomic E-state index is 13.4. The van der Waals surface area contributed by atoms with E-state index in [9.17, 15) is 30.8 Å². The highest BCUT2D eigenvalue weighted by atomic mass is 79.9. The molecule has 0 bridgehead atoms. The number of aryl methyl sites for hydroxylation is 2. The first kappa shape index (κ1) is 23.4. The summed E-state index contributed by atoms with van der Waals surface area (Å²) in [4.78, 5) is 12.1. The number of nitrogens with one attached hydrogen (secondary N) is 1. The number of carbonyl (C=O) groups excluding carboxylic acids is 1. The van der Waals surface area contributed by atoms with Gasteiger partial charge in [0.25, 0.3) is 5.91 Å². The van der Waals surface area contributed by atoms with Crippen LogP contribution in [0.25, 0.3) is 0 Å². The molecule has 29 heavy (non-hydrogen) atoms. The number of amides is 1. The molecule has 2 aromatic rings. The van der Waals surface area contributed by atoms with Crippen LogP contribution >= 0.6 is 15.9 Å². The van der Waals surface area contributed by atoms with Crippen LogP contribution in [-0.2, 0) is 17.1 Å². The van der Waals surface area contributed by atoms with Crippen molar-refractivity contribution in [3.05, 3.63) is 45.9 Å². The lowest BCUT2D eigenvalue weighted by molar-refractivity contribution is -0.164. The van der Waals surface area contributed by atoms with Gasteiger partial charge in [-0.2, -0.15) is 17.5 Å². The summed E-state index contributed by atoms with van der Waals surface area (Å²) >= 11 is 3.02. The highest BCUT2D eigenvalue weighted by Gasteiger charge is 2.44. The Balaban J connectivity index is 2.41. The molecule has 0 fully saturated rings. The van der Waals surface area contributed by atoms with Crippen LogP contribution in [0.3, 0.4) is 0 Å². The molecule has 1 aromatic heterocycles. The molecule has 0 radical (unpaired) electrons. The molecule has 1 heterocycles. The second kappa shape index (κ2) is 8.07. The van der Waals surface area contributed by atoms with Gasteiger partial charge in [-0.1, -0.05) is 0 Å². The van der Waals surface area contributed by atoms with Crippen LogP contribution in [0.1, 0.15) is 23.0 Å². The van der Waals surface area contributed by atoms with Gasteiger partial charge in [0.1, 0.15) is 22.4 Å². The van der Waals surface area contributed by atoms with Gasteiger partial charge in [-0.15, -0.1) is 0 Å². The Labute approximate surface area is 173 Å². The second-order valence-electron chi connectivity index (χ2n) is 6.42. The van der Waals surface area contributed by atoms with Crippen LogP contribution in [0.15, 0.2) is 33.8 Å². The summed E-state index contributed by atoms with van der Waals surface area (Å²) in [6.07, 6.45) is -3.71. The summed E-state index contributed by atoms with van der Waals surface area (Å²) in [5, 5.41) is 2.50. The summed E-state index contributed by atoms with van der Waals surface area (Å²) in [6.45, 7) is 2.23. The molecule has 0 aliphatic rings. The van der Waals surface area contributed by atoms with Crippen molar-refractivity contribution < 1.29 is 30.8 Å². The molecule has 0 aliphatic carbocycles. The van der Waals surface area contributed by atoms with Gasteiger partial charge >= 0.3 is 6.18 Å². The molecule has 2 rings (SSSR count). The first-order valence-electron chi connectivity index (χ1n) is 8.15. The molecule has 1 N–H and O–H groups in total. The first-order valence-corrected chi connectivity index (χ1v) is 10.4. The van der Waals surface area contributed by atoms with E-state index in [0.717, 1.165) is 26.2 Å². The minimum atomic E-state index is -4.76. The molecule has 160 valence electrons. The third kappa shape index (κ3) is 4.64. The van der Waals surface area contributed by atoms with Crippen LogP contribution in [0.2, 0.25) is 0 Å². The molecule has 1 atom stereocenters. The maximum Gasteiger partial charge on any atom is 0.404 e. The molecule has 0 saturated heterocycles. The molecule has 1 aromatic carbocycles. The largest absolute Gasteiger partial charge is 0.404 e. The van der Waals surface area contributed by atoms with Gasteiger partial charge in [-0.25, -0.2) is 12.8 Å². The van der Waals surface area contributed by atoms with E-state index in [4.69, 9.17) is 0 Å². The highest BCUT2D eigenvalue weighted by molar-refractivity contribution is 9.10. The number of rotatable bonds is 5. The van der Waals surface area contributed by atoms with Crippen molar-refractivity contribution >= 4 is 37.5 Å². The standard InChI is InChI=1S/C17H18BrF4N3O3S/c1-9-7-11(5-6-12(9)19)23-16(26)15-14(18)13(8-24(15)3)29(27,28)25(4)10(2)17(20,21)22/h5-8,10H,1-4H3,(H,23,26)/t10-/m1/s1. The fourth-order valence-electron chi connectivity index (χ4n) is 2.49. The molecule has 0 aliphatic heterocycles. The lowest BCUT2D eigenvalue weighted by Gasteiger charge is -2.25. The van der Waals surface area contributed by atoms with Crippen LogP contribution in [0, 0.1) is 12.7 Å². The molecule has 1 amide bonds. The number of benzene rings is 1. The zero-order chi connectivity index (χ0) is 22.3. The molecule has 0 unspecified atom stereocenters. The summed E-state index contributed by atoms with van der Waals surface area (Å²) < 4.78 is 78.8. The minimum Gasteiger partial charge on any atom is -0.344 e. The Morgan fingerprint density at radius 1 is 1.31 bits per heavy atom. The van der Waals surface area contributed by atoms with Crippen molar-refractivity contribution in [3.63, 3.8) is 0 Å². The number of aromatic nitrogens is 1. The fraction of sp³-hybridized carbons (Fsp3) is 0.353. The van der Waals surface area contributed by atoms with Crippen molar-refractivity contribution in [2.75, 3.05) is 12.4 Å². The number of nitrogens with zero attached hydrogens (tertiary/aromatic N) is 2. The number of carbonyl (C=O) groups is 1. The van der Waals surface area contributed by atoms with Gasteiger partial charge in [0, 0.05) is 26.0 Å². The average Bonchev–Trinajstić information content (AvgIpc) is 2.91. The smallest absolute Gasteiger partial charge is 0.344 e. The summed E-state index contributed by atoms with van der Waals surface area (Å²) in [7, 11) is -2.37.